The van der Waals surface area contributed by atoms with Crippen molar-refractivity contribution in [2.24, 2.45) is 5.41 Å². The van der Waals surface area contributed by atoms with Gasteiger partial charge in [0.15, 0.2) is 5.65 Å². The van der Waals surface area contributed by atoms with Crippen LogP contribution in [0.3, 0.4) is 0 Å². The number of H-pyrrole nitrogens is 1. The molecule has 0 aliphatic carbocycles. The van der Waals surface area contributed by atoms with Crippen molar-refractivity contribution in [3.8, 4) is 0 Å². The molecule has 7 heteroatoms. The SMILES string of the molecule is Cc1nc(N[C@H]2CCN(C(=O)C(C)(C)C)C2)c2cn[nH]c2n1. The van der Waals surface area contributed by atoms with Gasteiger partial charge in [-0.15, -0.1) is 0 Å². The smallest absolute Gasteiger partial charge is 0.228 e. The zero-order valence-electron chi connectivity index (χ0n) is 13.5. The van der Waals surface area contributed by atoms with E-state index in [1.807, 2.05) is 32.6 Å². The van der Waals surface area contributed by atoms with E-state index in [4.69, 9.17) is 0 Å². The van der Waals surface area contributed by atoms with E-state index in [2.05, 4.69) is 25.5 Å². The van der Waals surface area contributed by atoms with Gasteiger partial charge >= 0.3 is 0 Å². The lowest BCUT2D eigenvalue weighted by Gasteiger charge is -2.25. The number of aryl methyl sites for hydroxylation is 1. The molecule has 0 bridgehead atoms. The van der Waals surface area contributed by atoms with Crippen LogP contribution in [0.1, 0.15) is 33.0 Å². The van der Waals surface area contributed by atoms with E-state index in [0.29, 0.717) is 12.4 Å². The molecule has 1 fully saturated rings. The summed E-state index contributed by atoms with van der Waals surface area (Å²) in [7, 11) is 0. The maximum atomic E-state index is 12.3. The number of rotatable bonds is 2. The van der Waals surface area contributed by atoms with Crippen molar-refractivity contribution in [3.63, 3.8) is 0 Å². The fourth-order valence-electron chi connectivity index (χ4n) is 2.79. The number of aromatic amines is 1. The van der Waals surface area contributed by atoms with Crippen molar-refractivity contribution < 1.29 is 4.79 Å². The van der Waals surface area contributed by atoms with Crippen LogP contribution in [0.4, 0.5) is 5.82 Å². The minimum absolute atomic E-state index is 0.198. The van der Waals surface area contributed by atoms with Gasteiger partial charge in [-0.05, 0) is 13.3 Å². The molecule has 2 N–H and O–H groups in total. The number of amides is 1. The zero-order valence-corrected chi connectivity index (χ0v) is 13.5. The molecule has 3 heterocycles. The summed E-state index contributed by atoms with van der Waals surface area (Å²) in [5.41, 5.74) is 0.397. The van der Waals surface area contributed by atoms with Gasteiger partial charge in [0.1, 0.15) is 11.6 Å². The molecular weight excluding hydrogens is 280 g/mol. The number of anilines is 1. The van der Waals surface area contributed by atoms with Crippen LogP contribution < -0.4 is 5.32 Å². The molecule has 0 radical (unpaired) electrons. The number of fused-ring (bicyclic) bond motifs is 1. The van der Waals surface area contributed by atoms with Gasteiger partial charge in [0, 0.05) is 24.5 Å². The highest BCUT2D eigenvalue weighted by Gasteiger charge is 2.33. The topological polar surface area (TPSA) is 86.8 Å². The second-order valence-corrected chi connectivity index (χ2v) is 6.88. The summed E-state index contributed by atoms with van der Waals surface area (Å²) in [6, 6.07) is 0.207. The van der Waals surface area contributed by atoms with Crippen LogP contribution >= 0.6 is 0 Å². The van der Waals surface area contributed by atoms with E-state index >= 15 is 0 Å². The van der Waals surface area contributed by atoms with Crippen molar-refractivity contribution in [1.29, 1.82) is 0 Å². The van der Waals surface area contributed by atoms with Crippen LogP contribution in [0, 0.1) is 12.3 Å². The van der Waals surface area contributed by atoms with Gasteiger partial charge in [-0.3, -0.25) is 9.89 Å². The molecule has 2 aromatic heterocycles. The molecule has 118 valence electrons. The predicted molar refractivity (Wildman–Crippen MR) is 84.5 cm³/mol. The van der Waals surface area contributed by atoms with E-state index in [1.54, 1.807) is 6.20 Å². The Hall–Kier alpha value is -2.18. The summed E-state index contributed by atoms with van der Waals surface area (Å²) in [6.07, 6.45) is 2.65. The Bertz CT molecular complexity index is 702. The zero-order chi connectivity index (χ0) is 15.9. The van der Waals surface area contributed by atoms with Crippen molar-refractivity contribution in [2.45, 2.75) is 40.2 Å². The Morgan fingerprint density at radius 2 is 2.18 bits per heavy atom. The Kier molecular flexibility index (Phi) is 3.50. The van der Waals surface area contributed by atoms with Crippen LogP contribution in [0.5, 0.6) is 0 Å². The minimum atomic E-state index is -0.335. The van der Waals surface area contributed by atoms with E-state index in [0.717, 1.165) is 29.8 Å². The summed E-state index contributed by atoms with van der Waals surface area (Å²) >= 11 is 0. The average Bonchev–Trinajstić information content (AvgIpc) is 3.05. The molecule has 1 amide bonds. The van der Waals surface area contributed by atoms with Crippen molar-refractivity contribution >= 4 is 22.8 Å². The fraction of sp³-hybridized carbons (Fsp3) is 0.600. The monoisotopic (exact) mass is 302 g/mol. The molecule has 1 atom stereocenters. The molecule has 1 aliphatic rings. The molecule has 0 aromatic carbocycles. The summed E-state index contributed by atoms with van der Waals surface area (Å²) in [5.74, 6) is 1.68. The Morgan fingerprint density at radius 3 is 2.91 bits per heavy atom. The normalized spacial score (nSPS) is 18.9. The van der Waals surface area contributed by atoms with Crippen molar-refractivity contribution in [1.82, 2.24) is 25.1 Å². The summed E-state index contributed by atoms with van der Waals surface area (Å²) in [5, 5.41) is 11.2. The number of hydrogen-bond donors (Lipinski definition) is 2. The first-order valence-corrected chi connectivity index (χ1v) is 7.58. The lowest BCUT2D eigenvalue weighted by molar-refractivity contribution is -0.138. The largest absolute Gasteiger partial charge is 0.365 e. The molecule has 2 aromatic rings. The lowest BCUT2D eigenvalue weighted by Crippen LogP contribution is -2.39. The molecule has 22 heavy (non-hydrogen) atoms. The van der Waals surface area contributed by atoms with Crippen LogP contribution in [-0.4, -0.2) is 50.1 Å². The van der Waals surface area contributed by atoms with Gasteiger partial charge in [-0.2, -0.15) is 5.10 Å². The average molecular weight is 302 g/mol. The lowest BCUT2D eigenvalue weighted by atomic mass is 9.95. The molecule has 3 rings (SSSR count). The van der Waals surface area contributed by atoms with Gasteiger partial charge in [0.25, 0.3) is 0 Å². The molecule has 1 aliphatic heterocycles. The quantitative estimate of drug-likeness (QED) is 0.882. The standard InChI is InChI=1S/C15H22N6O/c1-9-17-12(11-7-16-20-13(11)18-9)19-10-5-6-21(8-10)14(22)15(2,3)4/h7,10H,5-6,8H2,1-4H3,(H2,16,17,18,19,20)/t10-/m0/s1. The fourth-order valence-corrected chi connectivity index (χ4v) is 2.79. The third kappa shape index (κ3) is 2.75. The van der Waals surface area contributed by atoms with Gasteiger partial charge in [0.2, 0.25) is 5.91 Å². The Balaban J connectivity index is 1.74. The van der Waals surface area contributed by atoms with E-state index in [-0.39, 0.29) is 17.4 Å². The third-order valence-corrected chi connectivity index (χ3v) is 3.88. The Labute approximate surface area is 129 Å². The number of hydrogen-bond acceptors (Lipinski definition) is 5. The maximum Gasteiger partial charge on any atom is 0.228 e. The second-order valence-electron chi connectivity index (χ2n) is 6.88. The number of nitrogens with zero attached hydrogens (tertiary/aromatic N) is 4. The first kappa shape index (κ1) is 14.7. The van der Waals surface area contributed by atoms with Gasteiger partial charge in [-0.1, -0.05) is 20.8 Å². The highest BCUT2D eigenvalue weighted by molar-refractivity contribution is 5.86. The van der Waals surface area contributed by atoms with E-state index in [9.17, 15) is 4.79 Å². The highest BCUT2D eigenvalue weighted by Crippen LogP contribution is 2.24. The van der Waals surface area contributed by atoms with Crippen molar-refractivity contribution in [2.75, 3.05) is 18.4 Å². The van der Waals surface area contributed by atoms with Gasteiger partial charge < -0.3 is 10.2 Å². The van der Waals surface area contributed by atoms with E-state index in [1.165, 1.54) is 0 Å². The molecule has 0 saturated carbocycles. The highest BCUT2D eigenvalue weighted by atomic mass is 16.2. The van der Waals surface area contributed by atoms with E-state index < -0.39 is 0 Å². The number of aromatic nitrogens is 4. The predicted octanol–water partition coefficient (Wildman–Crippen LogP) is 1.72. The maximum absolute atomic E-state index is 12.3. The second kappa shape index (κ2) is 5.23. The molecule has 7 nitrogen and oxygen atoms in total. The number of likely N-dealkylation sites (tertiary alicyclic amines) is 1. The summed E-state index contributed by atoms with van der Waals surface area (Å²) in [4.78, 5) is 23.1. The first-order valence-electron chi connectivity index (χ1n) is 7.58. The van der Waals surface area contributed by atoms with Crippen LogP contribution in [0.15, 0.2) is 6.20 Å². The molecule has 0 unspecified atom stereocenters. The molecule has 0 spiro atoms. The van der Waals surface area contributed by atoms with Crippen LogP contribution in [0.25, 0.3) is 11.0 Å². The summed E-state index contributed by atoms with van der Waals surface area (Å²) < 4.78 is 0. The van der Waals surface area contributed by atoms with Crippen LogP contribution in [0.2, 0.25) is 0 Å². The van der Waals surface area contributed by atoms with Crippen molar-refractivity contribution in [3.05, 3.63) is 12.0 Å². The Morgan fingerprint density at radius 1 is 1.41 bits per heavy atom. The van der Waals surface area contributed by atoms with Gasteiger partial charge in [0.05, 0.1) is 11.6 Å². The van der Waals surface area contributed by atoms with Gasteiger partial charge in [-0.25, -0.2) is 9.97 Å². The summed E-state index contributed by atoms with van der Waals surface area (Å²) in [6.45, 7) is 9.22. The third-order valence-electron chi connectivity index (χ3n) is 3.88. The molecule has 1 saturated heterocycles. The molecular formula is C15H22N6O. The van der Waals surface area contributed by atoms with Crippen LogP contribution in [-0.2, 0) is 4.79 Å². The number of carbonyl (C=O) groups excluding carboxylic acids is 1. The number of nitrogens with one attached hydrogen (secondary N) is 2. The number of carbonyl (C=O) groups is 1. The minimum Gasteiger partial charge on any atom is -0.365 e. The first-order chi connectivity index (χ1) is 10.3.